The van der Waals surface area contributed by atoms with Gasteiger partial charge in [0.15, 0.2) is 0 Å². The third-order valence-electron chi connectivity index (χ3n) is 0.881. The largest absolute Gasteiger partial charge is 0.326 e. The Morgan fingerprint density at radius 1 is 1.62 bits per heavy atom. The molecular formula is C6H12N2. The van der Waals surface area contributed by atoms with Crippen LogP contribution < -0.4 is 5.73 Å². The summed E-state index contributed by atoms with van der Waals surface area (Å²) in [4.78, 5) is 0. The first-order chi connectivity index (χ1) is 3.56. The molecule has 46 valence electrons. The van der Waals surface area contributed by atoms with Crippen molar-refractivity contribution in [2.24, 2.45) is 5.73 Å². The zero-order valence-electron chi connectivity index (χ0n) is 5.44. The Kier molecular flexibility index (Phi) is 2.50. The first kappa shape index (κ1) is 7.45. The number of nitrogens with two attached hydrogens (primary N) is 1. The molecule has 0 aliphatic carbocycles. The second-order valence-electron chi connectivity index (χ2n) is 2.65. The van der Waals surface area contributed by atoms with Gasteiger partial charge in [-0.05, 0) is 20.3 Å². The molecule has 0 aliphatic heterocycles. The van der Waals surface area contributed by atoms with Crippen LogP contribution in [0.3, 0.4) is 0 Å². The van der Waals surface area contributed by atoms with Crippen molar-refractivity contribution in [3.63, 3.8) is 0 Å². The number of rotatable bonds is 2. The van der Waals surface area contributed by atoms with Gasteiger partial charge in [0.2, 0.25) is 0 Å². The summed E-state index contributed by atoms with van der Waals surface area (Å²) in [6.45, 7) is 3.84. The lowest BCUT2D eigenvalue weighted by molar-refractivity contribution is 0.483. The Balaban J connectivity index is 3.28. The van der Waals surface area contributed by atoms with E-state index in [1.165, 1.54) is 0 Å². The summed E-state index contributed by atoms with van der Waals surface area (Å²) in [5.74, 6) is 0. The Morgan fingerprint density at radius 2 is 2.12 bits per heavy atom. The molecule has 0 aromatic rings. The van der Waals surface area contributed by atoms with E-state index in [4.69, 9.17) is 11.0 Å². The molecule has 2 nitrogen and oxygen atoms in total. The summed E-state index contributed by atoms with van der Waals surface area (Å²) in [6, 6.07) is 2.04. The van der Waals surface area contributed by atoms with E-state index in [-0.39, 0.29) is 5.54 Å². The van der Waals surface area contributed by atoms with Crippen LogP contribution >= 0.6 is 0 Å². The van der Waals surface area contributed by atoms with Crippen molar-refractivity contribution in [1.29, 1.82) is 5.26 Å². The highest BCUT2D eigenvalue weighted by Gasteiger charge is 2.08. The van der Waals surface area contributed by atoms with Crippen molar-refractivity contribution in [3.8, 4) is 6.07 Å². The van der Waals surface area contributed by atoms with Gasteiger partial charge in [0.25, 0.3) is 0 Å². The first-order valence-electron chi connectivity index (χ1n) is 2.72. The molecule has 0 bridgehead atoms. The van der Waals surface area contributed by atoms with Gasteiger partial charge in [-0.3, -0.25) is 0 Å². The highest BCUT2D eigenvalue weighted by atomic mass is 14.7. The average molecular weight is 112 g/mol. The molecule has 0 aromatic carbocycles. The normalized spacial score (nSPS) is 10.8. The second-order valence-corrected chi connectivity index (χ2v) is 2.65. The highest BCUT2D eigenvalue weighted by Crippen LogP contribution is 2.04. The summed E-state index contributed by atoms with van der Waals surface area (Å²) < 4.78 is 0. The number of hydrogen-bond donors (Lipinski definition) is 1. The Bertz CT molecular complexity index is 94.1. The van der Waals surface area contributed by atoms with E-state index >= 15 is 0 Å². The summed E-state index contributed by atoms with van der Waals surface area (Å²) in [7, 11) is 0. The van der Waals surface area contributed by atoms with Crippen molar-refractivity contribution < 1.29 is 0 Å². The van der Waals surface area contributed by atoms with Crippen LogP contribution in [0.5, 0.6) is 0 Å². The molecule has 0 saturated heterocycles. The molecule has 0 radical (unpaired) electrons. The predicted molar refractivity (Wildman–Crippen MR) is 33.1 cm³/mol. The van der Waals surface area contributed by atoms with Crippen LogP contribution in [0.2, 0.25) is 0 Å². The lowest BCUT2D eigenvalue weighted by atomic mass is 10.0. The third-order valence-corrected chi connectivity index (χ3v) is 0.881. The molecular weight excluding hydrogens is 100 g/mol. The quantitative estimate of drug-likeness (QED) is 0.580. The second kappa shape index (κ2) is 2.68. The van der Waals surface area contributed by atoms with E-state index in [2.05, 4.69) is 0 Å². The minimum Gasteiger partial charge on any atom is -0.326 e. The van der Waals surface area contributed by atoms with Crippen molar-refractivity contribution in [2.45, 2.75) is 32.2 Å². The van der Waals surface area contributed by atoms with Gasteiger partial charge < -0.3 is 5.73 Å². The van der Waals surface area contributed by atoms with E-state index in [9.17, 15) is 0 Å². The minimum atomic E-state index is -0.171. The fourth-order valence-electron chi connectivity index (χ4n) is 0.378. The summed E-state index contributed by atoms with van der Waals surface area (Å²) in [5.41, 5.74) is 5.40. The van der Waals surface area contributed by atoms with Gasteiger partial charge in [0.05, 0.1) is 6.07 Å². The minimum absolute atomic E-state index is 0.171. The molecule has 0 spiro atoms. The summed E-state index contributed by atoms with van der Waals surface area (Å²) in [6.07, 6.45) is 1.34. The first-order valence-corrected chi connectivity index (χ1v) is 2.72. The Labute approximate surface area is 50.3 Å². The smallest absolute Gasteiger partial charge is 0.0622 e. The van der Waals surface area contributed by atoms with Gasteiger partial charge in [0.1, 0.15) is 0 Å². The molecule has 0 amide bonds. The van der Waals surface area contributed by atoms with Gasteiger partial charge in [-0.15, -0.1) is 0 Å². The maximum Gasteiger partial charge on any atom is 0.0622 e. The maximum atomic E-state index is 8.12. The van der Waals surface area contributed by atoms with Gasteiger partial charge in [0, 0.05) is 12.0 Å². The highest BCUT2D eigenvalue weighted by molar-refractivity contribution is 4.79. The van der Waals surface area contributed by atoms with Crippen molar-refractivity contribution >= 4 is 0 Å². The van der Waals surface area contributed by atoms with Crippen molar-refractivity contribution in [2.75, 3.05) is 0 Å². The van der Waals surface area contributed by atoms with Gasteiger partial charge >= 0.3 is 0 Å². The molecule has 2 N–H and O–H groups in total. The molecule has 0 heterocycles. The average Bonchev–Trinajstić information content (AvgIpc) is 1.59. The van der Waals surface area contributed by atoms with E-state index in [0.29, 0.717) is 6.42 Å². The molecule has 0 atom stereocenters. The zero-order valence-corrected chi connectivity index (χ0v) is 5.44. The lowest BCUT2D eigenvalue weighted by Gasteiger charge is -2.14. The Morgan fingerprint density at radius 3 is 2.25 bits per heavy atom. The van der Waals surface area contributed by atoms with Crippen LogP contribution in [-0.2, 0) is 0 Å². The fraction of sp³-hybridized carbons (Fsp3) is 0.833. The standard InChI is InChI=1S/C6H12N2/c1-6(2,8)4-3-5-7/h3-4,8H2,1-2H3. The number of hydrogen-bond acceptors (Lipinski definition) is 2. The van der Waals surface area contributed by atoms with Crippen LogP contribution in [0.4, 0.5) is 0 Å². The van der Waals surface area contributed by atoms with Crippen LogP contribution in [-0.4, -0.2) is 5.54 Å². The molecule has 0 unspecified atom stereocenters. The van der Waals surface area contributed by atoms with E-state index in [1.54, 1.807) is 0 Å². The van der Waals surface area contributed by atoms with Crippen molar-refractivity contribution in [3.05, 3.63) is 0 Å². The molecule has 8 heavy (non-hydrogen) atoms. The summed E-state index contributed by atoms with van der Waals surface area (Å²) in [5, 5.41) is 8.12. The molecule has 0 saturated carbocycles. The van der Waals surface area contributed by atoms with Crippen LogP contribution in [0.15, 0.2) is 0 Å². The molecule has 0 aromatic heterocycles. The SMILES string of the molecule is CC(C)(N)CCC#N. The summed E-state index contributed by atoms with van der Waals surface area (Å²) >= 11 is 0. The number of nitriles is 1. The van der Waals surface area contributed by atoms with E-state index < -0.39 is 0 Å². The lowest BCUT2D eigenvalue weighted by Crippen LogP contribution is -2.31. The zero-order chi connectivity index (χ0) is 6.62. The van der Waals surface area contributed by atoms with E-state index in [0.717, 1.165) is 6.42 Å². The maximum absolute atomic E-state index is 8.12. The monoisotopic (exact) mass is 112 g/mol. The fourth-order valence-corrected chi connectivity index (χ4v) is 0.378. The molecule has 0 fully saturated rings. The Hall–Kier alpha value is -0.550. The number of nitrogens with zero attached hydrogens (tertiary/aromatic N) is 1. The third kappa shape index (κ3) is 5.45. The van der Waals surface area contributed by atoms with Crippen molar-refractivity contribution in [1.82, 2.24) is 0 Å². The molecule has 0 aliphatic rings. The van der Waals surface area contributed by atoms with Gasteiger partial charge in [-0.1, -0.05) is 0 Å². The topological polar surface area (TPSA) is 49.8 Å². The van der Waals surface area contributed by atoms with Crippen LogP contribution in [0.25, 0.3) is 0 Å². The van der Waals surface area contributed by atoms with Gasteiger partial charge in [-0.25, -0.2) is 0 Å². The van der Waals surface area contributed by atoms with Crippen LogP contribution in [0.1, 0.15) is 26.7 Å². The van der Waals surface area contributed by atoms with E-state index in [1.807, 2.05) is 19.9 Å². The predicted octanol–water partition coefficient (Wildman–Crippen LogP) is 1.03. The van der Waals surface area contributed by atoms with Gasteiger partial charge in [-0.2, -0.15) is 5.26 Å². The molecule has 0 rings (SSSR count). The van der Waals surface area contributed by atoms with Crippen LogP contribution in [0, 0.1) is 11.3 Å². The molecule has 2 heteroatoms.